The van der Waals surface area contributed by atoms with Gasteiger partial charge >= 0.3 is 0 Å². The Morgan fingerprint density at radius 2 is 2.33 bits per heavy atom. The largest absolute Gasteiger partial charge is 0.380 e. The molecule has 0 aromatic carbocycles. The molecule has 88 valence electrons. The summed E-state index contributed by atoms with van der Waals surface area (Å²) >= 11 is 0. The first kappa shape index (κ1) is 12.5. The summed E-state index contributed by atoms with van der Waals surface area (Å²) in [5.74, 6) is 0.229. The lowest BCUT2D eigenvalue weighted by Gasteiger charge is -2.28. The molecule has 0 aromatic heterocycles. The second-order valence-corrected chi connectivity index (χ2v) is 4.41. The fourth-order valence-corrected chi connectivity index (χ4v) is 1.91. The molecule has 1 amide bonds. The lowest BCUT2D eigenvalue weighted by Crippen LogP contribution is -2.42. The minimum atomic E-state index is -0.207. The second kappa shape index (κ2) is 5.47. The van der Waals surface area contributed by atoms with Crippen molar-refractivity contribution < 1.29 is 9.53 Å². The van der Waals surface area contributed by atoms with Crippen LogP contribution in [0.4, 0.5) is 0 Å². The number of hydrogen-bond donors (Lipinski definition) is 1. The highest BCUT2D eigenvalue weighted by Gasteiger charge is 2.37. The molecule has 1 aliphatic rings. The van der Waals surface area contributed by atoms with Gasteiger partial charge in [0.2, 0.25) is 5.91 Å². The topological polar surface area (TPSA) is 41.6 Å². The zero-order valence-electron chi connectivity index (χ0n) is 10.0. The Balaban J connectivity index is 2.38. The zero-order chi connectivity index (χ0) is 11.3. The molecule has 4 nitrogen and oxygen atoms in total. The molecule has 1 unspecified atom stereocenters. The molecule has 1 saturated heterocycles. The van der Waals surface area contributed by atoms with Gasteiger partial charge in [0, 0.05) is 26.7 Å². The van der Waals surface area contributed by atoms with Crippen molar-refractivity contribution in [1.82, 2.24) is 10.2 Å². The summed E-state index contributed by atoms with van der Waals surface area (Å²) in [5, 5.41) is 3.24. The number of rotatable bonds is 5. The molecule has 1 fully saturated rings. The molecular weight excluding hydrogens is 192 g/mol. The van der Waals surface area contributed by atoms with Gasteiger partial charge in [-0.15, -0.1) is 0 Å². The SMILES string of the molecule is CCOCCN(C)C(=O)C1(C)CCNC1. The molecule has 1 aliphatic heterocycles. The number of carbonyl (C=O) groups excluding carboxylic acids is 1. The number of carbonyl (C=O) groups is 1. The molecule has 15 heavy (non-hydrogen) atoms. The van der Waals surface area contributed by atoms with Gasteiger partial charge in [0.1, 0.15) is 0 Å². The molecule has 1 heterocycles. The Kier molecular flexibility index (Phi) is 4.54. The van der Waals surface area contributed by atoms with Crippen LogP contribution in [-0.2, 0) is 9.53 Å². The third kappa shape index (κ3) is 3.18. The van der Waals surface area contributed by atoms with Crippen molar-refractivity contribution in [3.8, 4) is 0 Å². The minimum absolute atomic E-state index is 0.207. The summed E-state index contributed by atoms with van der Waals surface area (Å²) in [5.41, 5.74) is -0.207. The maximum absolute atomic E-state index is 12.1. The van der Waals surface area contributed by atoms with Crippen molar-refractivity contribution in [3.63, 3.8) is 0 Å². The molecule has 0 aliphatic carbocycles. The van der Waals surface area contributed by atoms with E-state index in [4.69, 9.17) is 4.74 Å². The third-order valence-electron chi connectivity index (χ3n) is 3.01. The highest BCUT2D eigenvalue weighted by molar-refractivity contribution is 5.82. The monoisotopic (exact) mass is 214 g/mol. The molecule has 1 rings (SSSR count). The van der Waals surface area contributed by atoms with Crippen LogP contribution >= 0.6 is 0 Å². The van der Waals surface area contributed by atoms with Gasteiger partial charge in [0.25, 0.3) is 0 Å². The van der Waals surface area contributed by atoms with Crippen LogP contribution in [0.15, 0.2) is 0 Å². The second-order valence-electron chi connectivity index (χ2n) is 4.41. The van der Waals surface area contributed by atoms with Gasteiger partial charge in [-0.25, -0.2) is 0 Å². The van der Waals surface area contributed by atoms with Crippen LogP contribution in [-0.4, -0.2) is 50.7 Å². The number of likely N-dealkylation sites (N-methyl/N-ethyl adjacent to an activating group) is 1. The number of nitrogens with one attached hydrogen (secondary N) is 1. The maximum Gasteiger partial charge on any atom is 0.229 e. The summed E-state index contributed by atoms with van der Waals surface area (Å²) < 4.78 is 5.24. The fraction of sp³-hybridized carbons (Fsp3) is 0.909. The van der Waals surface area contributed by atoms with Gasteiger partial charge in [0.15, 0.2) is 0 Å². The van der Waals surface area contributed by atoms with Crippen molar-refractivity contribution in [2.75, 3.05) is 39.9 Å². The van der Waals surface area contributed by atoms with Crippen molar-refractivity contribution >= 4 is 5.91 Å². The number of ether oxygens (including phenoxy) is 1. The fourth-order valence-electron chi connectivity index (χ4n) is 1.91. The van der Waals surface area contributed by atoms with E-state index in [1.165, 1.54) is 0 Å². The number of amides is 1. The summed E-state index contributed by atoms with van der Waals surface area (Å²) in [6.07, 6.45) is 0.935. The van der Waals surface area contributed by atoms with E-state index in [0.717, 1.165) is 19.5 Å². The molecule has 0 bridgehead atoms. The predicted octanol–water partition coefficient (Wildman–Crippen LogP) is 0.481. The Bertz CT molecular complexity index is 213. The van der Waals surface area contributed by atoms with E-state index in [0.29, 0.717) is 19.8 Å². The van der Waals surface area contributed by atoms with Crippen LogP contribution in [0, 0.1) is 5.41 Å². The Hall–Kier alpha value is -0.610. The minimum Gasteiger partial charge on any atom is -0.380 e. The summed E-state index contributed by atoms with van der Waals surface area (Å²) in [7, 11) is 1.85. The quantitative estimate of drug-likeness (QED) is 0.677. The Morgan fingerprint density at radius 3 is 2.87 bits per heavy atom. The van der Waals surface area contributed by atoms with Crippen molar-refractivity contribution in [1.29, 1.82) is 0 Å². The molecule has 0 saturated carbocycles. The van der Waals surface area contributed by atoms with Gasteiger partial charge in [-0.3, -0.25) is 4.79 Å². The standard InChI is InChI=1S/C11H22N2O2/c1-4-15-8-7-13(3)10(14)11(2)5-6-12-9-11/h12H,4-9H2,1-3H3. The first-order chi connectivity index (χ1) is 7.10. The number of nitrogens with zero attached hydrogens (tertiary/aromatic N) is 1. The normalized spacial score (nSPS) is 25.5. The van der Waals surface area contributed by atoms with Crippen molar-refractivity contribution in [2.24, 2.45) is 5.41 Å². The van der Waals surface area contributed by atoms with E-state index in [1.807, 2.05) is 20.9 Å². The van der Waals surface area contributed by atoms with E-state index in [2.05, 4.69) is 5.32 Å². The molecule has 0 radical (unpaired) electrons. The summed E-state index contributed by atoms with van der Waals surface area (Å²) in [6.45, 7) is 7.76. The first-order valence-corrected chi connectivity index (χ1v) is 5.64. The number of hydrogen-bond acceptors (Lipinski definition) is 3. The van der Waals surface area contributed by atoms with Crippen molar-refractivity contribution in [2.45, 2.75) is 20.3 Å². The van der Waals surface area contributed by atoms with Gasteiger partial charge in [-0.1, -0.05) is 0 Å². The maximum atomic E-state index is 12.1. The van der Waals surface area contributed by atoms with E-state index < -0.39 is 0 Å². The van der Waals surface area contributed by atoms with Crippen LogP contribution in [0.25, 0.3) is 0 Å². The summed E-state index contributed by atoms with van der Waals surface area (Å²) in [4.78, 5) is 13.9. The van der Waals surface area contributed by atoms with Crippen LogP contribution in [0.5, 0.6) is 0 Å². The Morgan fingerprint density at radius 1 is 1.60 bits per heavy atom. The lowest BCUT2D eigenvalue weighted by atomic mass is 9.88. The van der Waals surface area contributed by atoms with Gasteiger partial charge in [-0.05, 0) is 26.8 Å². The highest BCUT2D eigenvalue weighted by atomic mass is 16.5. The van der Waals surface area contributed by atoms with Gasteiger partial charge in [-0.2, -0.15) is 0 Å². The van der Waals surface area contributed by atoms with E-state index in [9.17, 15) is 4.79 Å². The van der Waals surface area contributed by atoms with Gasteiger partial charge in [0.05, 0.1) is 12.0 Å². The van der Waals surface area contributed by atoms with Crippen LogP contribution in [0.3, 0.4) is 0 Å². The van der Waals surface area contributed by atoms with E-state index in [-0.39, 0.29) is 11.3 Å². The Labute approximate surface area is 92.0 Å². The van der Waals surface area contributed by atoms with Crippen LogP contribution in [0.2, 0.25) is 0 Å². The van der Waals surface area contributed by atoms with Crippen LogP contribution < -0.4 is 5.32 Å². The average Bonchev–Trinajstić information content (AvgIpc) is 2.65. The van der Waals surface area contributed by atoms with Crippen LogP contribution in [0.1, 0.15) is 20.3 Å². The van der Waals surface area contributed by atoms with Crippen molar-refractivity contribution in [3.05, 3.63) is 0 Å². The van der Waals surface area contributed by atoms with E-state index in [1.54, 1.807) is 4.90 Å². The average molecular weight is 214 g/mol. The molecule has 4 heteroatoms. The molecular formula is C11H22N2O2. The zero-order valence-corrected chi connectivity index (χ0v) is 10.0. The summed E-state index contributed by atoms with van der Waals surface area (Å²) in [6, 6.07) is 0. The highest BCUT2D eigenvalue weighted by Crippen LogP contribution is 2.26. The molecule has 0 aromatic rings. The lowest BCUT2D eigenvalue weighted by molar-refractivity contribution is -0.139. The molecule has 0 spiro atoms. The van der Waals surface area contributed by atoms with Gasteiger partial charge < -0.3 is 15.0 Å². The van der Waals surface area contributed by atoms with E-state index >= 15 is 0 Å². The smallest absolute Gasteiger partial charge is 0.229 e. The predicted molar refractivity (Wildman–Crippen MR) is 59.7 cm³/mol. The molecule has 1 N–H and O–H groups in total. The first-order valence-electron chi connectivity index (χ1n) is 5.64. The third-order valence-corrected chi connectivity index (χ3v) is 3.01. The molecule has 1 atom stereocenters.